The summed E-state index contributed by atoms with van der Waals surface area (Å²) in [6.07, 6.45) is 2.82. The SMILES string of the molecule is CCN(CCOC)C(=O)N1CCCC(CCC(=O)O)C1. The van der Waals surface area contributed by atoms with Crippen LogP contribution in [0.15, 0.2) is 0 Å². The van der Waals surface area contributed by atoms with Crippen molar-refractivity contribution >= 4 is 12.0 Å². The maximum atomic E-state index is 12.4. The summed E-state index contributed by atoms with van der Waals surface area (Å²) in [4.78, 5) is 26.7. The number of carboxylic acid groups (broad SMARTS) is 1. The molecular weight excluding hydrogens is 260 g/mol. The van der Waals surface area contributed by atoms with Gasteiger partial charge >= 0.3 is 12.0 Å². The first-order valence-corrected chi connectivity index (χ1v) is 7.33. The predicted octanol–water partition coefficient (Wildman–Crippen LogP) is 1.65. The van der Waals surface area contributed by atoms with Crippen LogP contribution in [0.3, 0.4) is 0 Å². The Labute approximate surface area is 120 Å². The number of hydrogen-bond acceptors (Lipinski definition) is 3. The van der Waals surface area contributed by atoms with E-state index in [0.29, 0.717) is 38.6 Å². The van der Waals surface area contributed by atoms with E-state index < -0.39 is 5.97 Å². The van der Waals surface area contributed by atoms with Crippen molar-refractivity contribution in [3.8, 4) is 0 Å². The largest absolute Gasteiger partial charge is 0.481 e. The van der Waals surface area contributed by atoms with E-state index in [2.05, 4.69) is 0 Å². The second-order valence-electron chi connectivity index (χ2n) is 5.24. The number of methoxy groups -OCH3 is 1. The molecule has 1 unspecified atom stereocenters. The van der Waals surface area contributed by atoms with Crippen LogP contribution < -0.4 is 0 Å². The number of rotatable bonds is 7. The third-order valence-corrected chi connectivity index (χ3v) is 3.77. The Kier molecular flexibility index (Phi) is 7.36. The van der Waals surface area contributed by atoms with Crippen LogP contribution in [0.25, 0.3) is 0 Å². The number of hydrogen-bond donors (Lipinski definition) is 1. The van der Waals surface area contributed by atoms with Gasteiger partial charge in [0.2, 0.25) is 0 Å². The summed E-state index contributed by atoms with van der Waals surface area (Å²) in [7, 11) is 1.63. The first-order chi connectivity index (χ1) is 9.58. The van der Waals surface area contributed by atoms with E-state index in [1.807, 2.05) is 11.8 Å². The zero-order valence-electron chi connectivity index (χ0n) is 12.5. The first-order valence-electron chi connectivity index (χ1n) is 7.33. The Morgan fingerprint density at radius 1 is 1.45 bits per heavy atom. The van der Waals surface area contributed by atoms with Gasteiger partial charge in [-0.25, -0.2) is 4.79 Å². The van der Waals surface area contributed by atoms with Gasteiger partial charge < -0.3 is 19.6 Å². The number of carbonyl (C=O) groups excluding carboxylic acids is 1. The molecule has 0 bridgehead atoms. The minimum Gasteiger partial charge on any atom is -0.481 e. The summed E-state index contributed by atoms with van der Waals surface area (Å²) in [6.45, 7) is 5.21. The highest BCUT2D eigenvalue weighted by Gasteiger charge is 2.26. The maximum absolute atomic E-state index is 12.4. The molecule has 1 aliphatic rings. The van der Waals surface area contributed by atoms with E-state index in [-0.39, 0.29) is 12.5 Å². The summed E-state index contributed by atoms with van der Waals surface area (Å²) < 4.78 is 5.02. The second-order valence-corrected chi connectivity index (χ2v) is 5.24. The Bertz CT molecular complexity index is 322. The number of aliphatic carboxylic acids is 1. The second kappa shape index (κ2) is 8.79. The lowest BCUT2D eigenvalue weighted by Crippen LogP contribution is -2.48. The van der Waals surface area contributed by atoms with Gasteiger partial charge in [-0.05, 0) is 32.1 Å². The molecule has 1 heterocycles. The lowest BCUT2D eigenvalue weighted by Gasteiger charge is -2.36. The molecule has 1 fully saturated rings. The summed E-state index contributed by atoms with van der Waals surface area (Å²) in [5.41, 5.74) is 0. The zero-order chi connectivity index (χ0) is 15.0. The van der Waals surface area contributed by atoms with Crippen molar-refractivity contribution < 1.29 is 19.4 Å². The van der Waals surface area contributed by atoms with E-state index in [1.165, 1.54) is 0 Å². The average molecular weight is 286 g/mol. The van der Waals surface area contributed by atoms with E-state index in [1.54, 1.807) is 12.0 Å². The molecule has 0 aromatic heterocycles. The predicted molar refractivity (Wildman–Crippen MR) is 75.7 cm³/mol. The van der Waals surface area contributed by atoms with Gasteiger partial charge in [0.1, 0.15) is 0 Å². The maximum Gasteiger partial charge on any atom is 0.320 e. The van der Waals surface area contributed by atoms with Gasteiger partial charge in [-0.1, -0.05) is 0 Å². The van der Waals surface area contributed by atoms with E-state index >= 15 is 0 Å². The molecule has 1 rings (SSSR count). The minimum absolute atomic E-state index is 0.0459. The van der Waals surface area contributed by atoms with Crippen LogP contribution in [0.5, 0.6) is 0 Å². The molecule has 116 valence electrons. The topological polar surface area (TPSA) is 70.1 Å². The van der Waals surface area contributed by atoms with Gasteiger partial charge in [-0.2, -0.15) is 0 Å². The molecule has 2 amide bonds. The van der Waals surface area contributed by atoms with Crippen LogP contribution in [0.4, 0.5) is 4.79 Å². The van der Waals surface area contributed by atoms with Crippen molar-refractivity contribution in [2.45, 2.75) is 32.6 Å². The lowest BCUT2D eigenvalue weighted by atomic mass is 9.93. The number of nitrogens with zero attached hydrogens (tertiary/aromatic N) is 2. The number of carbonyl (C=O) groups is 2. The van der Waals surface area contributed by atoms with Crippen LogP contribution >= 0.6 is 0 Å². The number of likely N-dealkylation sites (N-methyl/N-ethyl adjacent to an activating group) is 1. The number of piperidine rings is 1. The fraction of sp³-hybridized carbons (Fsp3) is 0.857. The first kappa shape index (κ1) is 16.8. The molecule has 1 saturated heterocycles. The fourth-order valence-electron chi connectivity index (χ4n) is 2.59. The Balaban J connectivity index is 2.47. The summed E-state index contributed by atoms with van der Waals surface area (Å²) in [5.74, 6) is -0.450. The molecule has 1 aliphatic heterocycles. The Morgan fingerprint density at radius 2 is 2.20 bits per heavy atom. The van der Waals surface area contributed by atoms with Crippen LogP contribution in [-0.2, 0) is 9.53 Å². The normalized spacial score (nSPS) is 18.9. The van der Waals surface area contributed by atoms with Crippen LogP contribution in [-0.4, -0.2) is 66.8 Å². The molecule has 0 saturated carbocycles. The standard InChI is InChI=1S/C14H26N2O4/c1-3-15(9-10-20-2)14(19)16-8-4-5-12(11-16)6-7-13(17)18/h12H,3-11H2,1-2H3,(H,17,18). The highest BCUT2D eigenvalue weighted by atomic mass is 16.5. The van der Waals surface area contributed by atoms with Gasteiger partial charge in [-0.3, -0.25) is 4.79 Å². The number of likely N-dealkylation sites (tertiary alicyclic amines) is 1. The van der Waals surface area contributed by atoms with E-state index in [0.717, 1.165) is 19.4 Å². The van der Waals surface area contributed by atoms with E-state index in [4.69, 9.17) is 9.84 Å². The van der Waals surface area contributed by atoms with Gasteiger partial charge in [0.05, 0.1) is 6.61 Å². The molecule has 6 nitrogen and oxygen atoms in total. The van der Waals surface area contributed by atoms with E-state index in [9.17, 15) is 9.59 Å². The lowest BCUT2D eigenvalue weighted by molar-refractivity contribution is -0.137. The molecule has 0 aliphatic carbocycles. The van der Waals surface area contributed by atoms with Crippen molar-refractivity contribution in [3.05, 3.63) is 0 Å². The Morgan fingerprint density at radius 3 is 2.80 bits per heavy atom. The molecule has 0 aromatic rings. The van der Waals surface area contributed by atoms with Gasteiger partial charge in [0.15, 0.2) is 0 Å². The number of amides is 2. The number of carboxylic acids is 1. The molecular formula is C14H26N2O4. The molecule has 0 aromatic carbocycles. The summed E-state index contributed by atoms with van der Waals surface area (Å²) in [5, 5.41) is 8.74. The summed E-state index contributed by atoms with van der Waals surface area (Å²) in [6, 6.07) is 0.0459. The third-order valence-electron chi connectivity index (χ3n) is 3.77. The minimum atomic E-state index is -0.760. The molecule has 0 radical (unpaired) electrons. The zero-order valence-corrected chi connectivity index (χ0v) is 12.5. The summed E-state index contributed by atoms with van der Waals surface area (Å²) >= 11 is 0. The number of ether oxygens (including phenoxy) is 1. The Hall–Kier alpha value is -1.30. The van der Waals surface area contributed by atoms with Gasteiger partial charge in [-0.15, -0.1) is 0 Å². The van der Waals surface area contributed by atoms with Crippen molar-refractivity contribution in [2.75, 3.05) is 39.9 Å². The highest BCUT2D eigenvalue weighted by molar-refractivity contribution is 5.74. The molecule has 1 atom stereocenters. The molecule has 6 heteroatoms. The van der Waals surface area contributed by atoms with Crippen LogP contribution in [0.1, 0.15) is 32.6 Å². The highest BCUT2D eigenvalue weighted by Crippen LogP contribution is 2.21. The van der Waals surface area contributed by atoms with Crippen molar-refractivity contribution in [1.82, 2.24) is 9.80 Å². The van der Waals surface area contributed by atoms with Crippen molar-refractivity contribution in [3.63, 3.8) is 0 Å². The van der Waals surface area contributed by atoms with Gasteiger partial charge in [0, 0.05) is 39.7 Å². The molecule has 1 N–H and O–H groups in total. The van der Waals surface area contributed by atoms with Crippen molar-refractivity contribution in [2.24, 2.45) is 5.92 Å². The smallest absolute Gasteiger partial charge is 0.320 e. The van der Waals surface area contributed by atoms with Gasteiger partial charge in [0.25, 0.3) is 0 Å². The molecule has 20 heavy (non-hydrogen) atoms. The molecule has 0 spiro atoms. The monoisotopic (exact) mass is 286 g/mol. The van der Waals surface area contributed by atoms with Crippen molar-refractivity contribution in [1.29, 1.82) is 0 Å². The average Bonchev–Trinajstić information content (AvgIpc) is 2.46. The fourth-order valence-corrected chi connectivity index (χ4v) is 2.59. The quantitative estimate of drug-likeness (QED) is 0.772. The number of urea groups is 1. The van der Waals surface area contributed by atoms with Crippen LogP contribution in [0, 0.1) is 5.92 Å². The van der Waals surface area contributed by atoms with Crippen LogP contribution in [0.2, 0.25) is 0 Å². The third kappa shape index (κ3) is 5.36.